The normalized spacial score (nSPS) is 20.8. The molecule has 13 heteroatoms. The lowest BCUT2D eigenvalue weighted by Crippen LogP contribution is -2.60. The fraction of sp³-hybridized carbons (Fsp3) is 0.818. The van der Waals surface area contributed by atoms with Crippen LogP contribution in [0, 0.1) is 0 Å². The van der Waals surface area contributed by atoms with Crippen molar-refractivity contribution in [1.29, 1.82) is 0 Å². The molecule has 1 fully saturated rings. The van der Waals surface area contributed by atoms with E-state index in [-0.39, 0.29) is 19.4 Å². The van der Waals surface area contributed by atoms with Crippen LogP contribution in [-0.2, 0) is 38.7 Å². The Bertz CT molecular complexity index is 1200. The molecule has 0 saturated carbocycles. The molecule has 0 aromatic carbocycles. The van der Waals surface area contributed by atoms with Crippen LogP contribution in [0.5, 0.6) is 0 Å². The molecule has 0 bridgehead atoms. The van der Waals surface area contributed by atoms with Crippen molar-refractivity contribution in [3.63, 3.8) is 0 Å². The Labute approximate surface area is 344 Å². The topological polar surface area (TPSA) is 186 Å². The quantitative estimate of drug-likeness (QED) is 0.0204. The van der Waals surface area contributed by atoms with Crippen molar-refractivity contribution in [3.05, 3.63) is 36.5 Å². The molecular weight excluding hydrogens is 753 g/mol. The van der Waals surface area contributed by atoms with E-state index in [4.69, 9.17) is 18.9 Å². The third-order valence-electron chi connectivity index (χ3n) is 9.98. The minimum atomic E-state index is -4.60. The molecule has 12 nitrogen and oxygen atoms in total. The van der Waals surface area contributed by atoms with Gasteiger partial charge in [0.1, 0.15) is 36.8 Å². The van der Waals surface area contributed by atoms with Gasteiger partial charge in [0.2, 0.25) is 0 Å². The summed E-state index contributed by atoms with van der Waals surface area (Å²) in [5.74, 6) is -2.02. The number of aliphatic hydroxyl groups is 3. The van der Waals surface area contributed by atoms with Gasteiger partial charge in [0.05, 0.1) is 6.61 Å². The van der Waals surface area contributed by atoms with Crippen molar-refractivity contribution in [2.75, 3.05) is 19.0 Å². The molecule has 4 N–H and O–H groups in total. The van der Waals surface area contributed by atoms with Crippen LogP contribution in [0.2, 0.25) is 0 Å². The monoisotopic (exact) mass is 831 g/mol. The Morgan fingerprint density at radius 1 is 0.614 bits per heavy atom. The molecule has 0 radical (unpaired) electrons. The predicted molar refractivity (Wildman–Crippen MR) is 224 cm³/mol. The molecule has 1 aliphatic heterocycles. The second-order valence-electron chi connectivity index (χ2n) is 15.3. The zero-order valence-corrected chi connectivity index (χ0v) is 36.0. The van der Waals surface area contributed by atoms with Crippen molar-refractivity contribution in [1.82, 2.24) is 0 Å². The van der Waals surface area contributed by atoms with Crippen LogP contribution < -0.4 is 0 Å². The van der Waals surface area contributed by atoms with E-state index in [1.807, 2.05) is 0 Å². The summed E-state index contributed by atoms with van der Waals surface area (Å²) in [6.07, 6.45) is 29.1. The maximum atomic E-state index is 12.8. The molecule has 0 spiro atoms. The van der Waals surface area contributed by atoms with E-state index in [1.165, 1.54) is 77.0 Å². The molecule has 1 aliphatic rings. The number of allylic oxidation sites excluding steroid dienone is 6. The van der Waals surface area contributed by atoms with Crippen LogP contribution in [-0.4, -0.2) is 96.0 Å². The summed E-state index contributed by atoms with van der Waals surface area (Å²) in [5, 5.41) is 30.8. The van der Waals surface area contributed by atoms with E-state index in [0.29, 0.717) is 12.8 Å². The Hall–Kier alpha value is -2.13. The van der Waals surface area contributed by atoms with Crippen molar-refractivity contribution in [2.45, 2.75) is 211 Å². The van der Waals surface area contributed by atoms with Gasteiger partial charge in [0, 0.05) is 12.8 Å². The third-order valence-corrected chi connectivity index (χ3v) is 10.7. The number of aliphatic hydroxyl groups excluding tert-OH is 3. The molecule has 1 heterocycles. The number of ether oxygens (including phenoxy) is 4. The van der Waals surface area contributed by atoms with E-state index < -0.39 is 71.2 Å². The summed E-state index contributed by atoms with van der Waals surface area (Å²) in [7, 11) is -4.60. The Kier molecular flexibility index (Phi) is 32.2. The van der Waals surface area contributed by atoms with Gasteiger partial charge in [-0.25, -0.2) is 0 Å². The van der Waals surface area contributed by atoms with E-state index in [0.717, 1.165) is 57.8 Å². The highest BCUT2D eigenvalue weighted by Crippen LogP contribution is 2.24. The van der Waals surface area contributed by atoms with Crippen LogP contribution in [0.15, 0.2) is 36.5 Å². The number of hydrogen-bond acceptors (Lipinski definition) is 11. The van der Waals surface area contributed by atoms with E-state index in [1.54, 1.807) is 0 Å². The van der Waals surface area contributed by atoms with Crippen molar-refractivity contribution in [2.24, 2.45) is 0 Å². The molecule has 0 aliphatic carbocycles. The number of esters is 2. The molecule has 1 saturated heterocycles. The minimum Gasteiger partial charge on any atom is -0.462 e. The predicted octanol–water partition coefficient (Wildman–Crippen LogP) is 8.61. The van der Waals surface area contributed by atoms with Crippen LogP contribution in [0.4, 0.5) is 0 Å². The first-order valence-corrected chi connectivity index (χ1v) is 23.7. The second kappa shape index (κ2) is 34.7. The average Bonchev–Trinajstić information content (AvgIpc) is 3.17. The summed E-state index contributed by atoms with van der Waals surface area (Å²) >= 11 is 0. The highest BCUT2D eigenvalue weighted by molar-refractivity contribution is 7.85. The lowest BCUT2D eigenvalue weighted by atomic mass is 10.00. The Balaban J connectivity index is 2.46. The first-order valence-electron chi connectivity index (χ1n) is 22.0. The fourth-order valence-corrected chi connectivity index (χ4v) is 7.26. The standard InChI is InChI=1S/C44H78O12S/c1-3-5-7-9-11-13-15-17-18-19-21-22-24-26-28-30-32-39(45)53-34-37(35-54-44-43(49)42(48)41(47)38(56-44)36-57(50,51)52)55-40(46)33-31-29-27-25-23-20-16-14-12-10-8-6-4-2/h6,8,12,14,20,23,37-38,41-44,47-49H,3-5,7,9-11,13,15-19,21-22,24-36H2,1-2H3,(H,50,51,52)/b8-6-,14-12-,23-20-. The molecule has 0 aromatic heterocycles. The smallest absolute Gasteiger partial charge is 0.306 e. The average molecular weight is 831 g/mol. The number of rotatable bonds is 36. The van der Waals surface area contributed by atoms with Crippen LogP contribution in [0.25, 0.3) is 0 Å². The van der Waals surface area contributed by atoms with Crippen molar-refractivity contribution >= 4 is 22.1 Å². The second-order valence-corrected chi connectivity index (χ2v) is 16.8. The van der Waals surface area contributed by atoms with Crippen LogP contribution in [0.3, 0.4) is 0 Å². The van der Waals surface area contributed by atoms with Gasteiger partial charge in [0.25, 0.3) is 10.1 Å². The zero-order valence-electron chi connectivity index (χ0n) is 35.2. The highest BCUT2D eigenvalue weighted by atomic mass is 32.2. The van der Waals surface area contributed by atoms with Crippen LogP contribution in [0.1, 0.15) is 174 Å². The number of unbranched alkanes of at least 4 members (excludes halogenated alkanes) is 18. The van der Waals surface area contributed by atoms with E-state index in [2.05, 4.69) is 50.3 Å². The van der Waals surface area contributed by atoms with Gasteiger partial charge in [0.15, 0.2) is 12.4 Å². The minimum absolute atomic E-state index is 0.130. The van der Waals surface area contributed by atoms with Crippen molar-refractivity contribution in [3.8, 4) is 0 Å². The van der Waals surface area contributed by atoms with E-state index in [9.17, 15) is 37.9 Å². The molecule has 57 heavy (non-hydrogen) atoms. The lowest BCUT2D eigenvalue weighted by molar-refractivity contribution is -0.297. The SMILES string of the molecule is CC/C=C\C/C=C\C/C=C\CCCCCC(=O)OC(COC(=O)CCCCCCCCCCCCCCCCCC)COC1OC(CS(=O)(=O)O)C(O)C(O)C1O. The van der Waals surface area contributed by atoms with Gasteiger partial charge >= 0.3 is 11.9 Å². The molecule has 0 amide bonds. The summed E-state index contributed by atoms with van der Waals surface area (Å²) in [5.41, 5.74) is 0. The van der Waals surface area contributed by atoms with E-state index >= 15 is 0 Å². The molecule has 6 atom stereocenters. The molecule has 1 rings (SSSR count). The van der Waals surface area contributed by atoms with Gasteiger partial charge < -0.3 is 34.3 Å². The van der Waals surface area contributed by atoms with Crippen LogP contribution >= 0.6 is 0 Å². The maximum absolute atomic E-state index is 12.8. The first kappa shape index (κ1) is 52.9. The Morgan fingerprint density at radius 3 is 1.65 bits per heavy atom. The number of carbonyl (C=O) groups excluding carboxylic acids is 2. The summed E-state index contributed by atoms with van der Waals surface area (Å²) in [6, 6.07) is 0. The van der Waals surface area contributed by atoms with Gasteiger partial charge in [-0.3, -0.25) is 14.1 Å². The number of hydrogen-bond donors (Lipinski definition) is 4. The van der Waals surface area contributed by atoms with Crippen molar-refractivity contribution < 1.29 is 56.8 Å². The Morgan fingerprint density at radius 2 is 1.11 bits per heavy atom. The molecule has 332 valence electrons. The van der Waals surface area contributed by atoms with Gasteiger partial charge in [-0.15, -0.1) is 0 Å². The summed E-state index contributed by atoms with van der Waals surface area (Å²) in [4.78, 5) is 25.3. The van der Waals surface area contributed by atoms with Gasteiger partial charge in [-0.2, -0.15) is 8.42 Å². The first-order chi connectivity index (χ1) is 27.5. The molecule has 0 aromatic rings. The summed E-state index contributed by atoms with van der Waals surface area (Å²) in [6.45, 7) is 3.62. The number of carbonyl (C=O) groups is 2. The largest absolute Gasteiger partial charge is 0.462 e. The fourth-order valence-electron chi connectivity index (χ4n) is 6.57. The third kappa shape index (κ3) is 29.7. The summed E-state index contributed by atoms with van der Waals surface area (Å²) < 4.78 is 54.0. The molecule has 6 unspecified atom stereocenters. The van der Waals surface area contributed by atoms with Gasteiger partial charge in [-0.05, 0) is 44.9 Å². The van der Waals surface area contributed by atoms with Gasteiger partial charge in [-0.1, -0.05) is 153 Å². The highest BCUT2D eigenvalue weighted by Gasteiger charge is 2.46. The molecular formula is C44H78O12S. The maximum Gasteiger partial charge on any atom is 0.306 e. The lowest BCUT2D eigenvalue weighted by Gasteiger charge is -2.40. The zero-order chi connectivity index (χ0) is 42.0.